The summed E-state index contributed by atoms with van der Waals surface area (Å²) in [5.41, 5.74) is 1.39. The van der Waals surface area contributed by atoms with Crippen LogP contribution in [0.4, 0.5) is 18.9 Å². The van der Waals surface area contributed by atoms with Crippen molar-refractivity contribution < 1.29 is 27.5 Å². The third kappa shape index (κ3) is 4.59. The molecule has 2 aromatic carbocycles. The van der Waals surface area contributed by atoms with E-state index in [9.17, 15) is 22.8 Å². The van der Waals surface area contributed by atoms with Gasteiger partial charge in [0, 0.05) is 11.1 Å². The van der Waals surface area contributed by atoms with Crippen molar-refractivity contribution in [3.8, 4) is 0 Å². The van der Waals surface area contributed by atoms with Gasteiger partial charge in [-0.25, -0.2) is 4.79 Å². The number of benzene rings is 2. The van der Waals surface area contributed by atoms with Crippen LogP contribution in [-0.2, 0) is 28.5 Å². The Morgan fingerprint density at radius 1 is 0.969 bits per heavy atom. The van der Waals surface area contributed by atoms with Crippen LogP contribution in [0.2, 0.25) is 0 Å². The van der Waals surface area contributed by atoms with Gasteiger partial charge in [0.05, 0.1) is 22.3 Å². The van der Waals surface area contributed by atoms with Crippen molar-refractivity contribution in [2.75, 3.05) is 11.9 Å². The molecule has 1 amide bonds. The Balaban J connectivity index is 1.55. The van der Waals surface area contributed by atoms with Crippen LogP contribution in [0.5, 0.6) is 0 Å². The second-order valence-corrected chi connectivity index (χ2v) is 7.66. The Morgan fingerprint density at radius 2 is 1.69 bits per heavy atom. The van der Waals surface area contributed by atoms with E-state index in [2.05, 4.69) is 5.32 Å². The van der Waals surface area contributed by atoms with Crippen LogP contribution in [0.25, 0.3) is 10.9 Å². The quantitative estimate of drug-likeness (QED) is 0.439. The van der Waals surface area contributed by atoms with Gasteiger partial charge in [-0.05, 0) is 49.4 Å². The molecule has 1 aromatic heterocycles. The molecule has 0 saturated heterocycles. The molecule has 0 fully saturated rings. The van der Waals surface area contributed by atoms with Crippen LogP contribution in [-0.4, -0.2) is 23.5 Å². The molecule has 4 rings (SSSR count). The van der Waals surface area contributed by atoms with Crippen LogP contribution >= 0.6 is 0 Å². The number of carbonyl (C=O) groups excluding carboxylic acids is 2. The minimum Gasteiger partial charge on any atom is -0.452 e. The SMILES string of the molecule is O=C(COC(=O)c1c2c(nc3ccccc13)CCCCC2)Nc1ccccc1C(F)(F)F. The lowest BCUT2D eigenvalue weighted by Gasteiger charge is -2.16. The molecular formula is C24H21F3N2O3. The van der Waals surface area contributed by atoms with Gasteiger partial charge in [-0.1, -0.05) is 36.8 Å². The predicted molar refractivity (Wildman–Crippen MR) is 113 cm³/mol. The number of carbonyl (C=O) groups is 2. The zero-order chi connectivity index (χ0) is 22.7. The molecule has 1 N–H and O–H groups in total. The maximum atomic E-state index is 13.1. The van der Waals surface area contributed by atoms with E-state index in [1.54, 1.807) is 12.1 Å². The van der Waals surface area contributed by atoms with Crippen molar-refractivity contribution >= 4 is 28.5 Å². The maximum absolute atomic E-state index is 13.1. The summed E-state index contributed by atoms with van der Waals surface area (Å²) >= 11 is 0. The van der Waals surface area contributed by atoms with Crippen LogP contribution < -0.4 is 5.32 Å². The van der Waals surface area contributed by atoms with Gasteiger partial charge in [0.25, 0.3) is 5.91 Å². The summed E-state index contributed by atoms with van der Waals surface area (Å²) in [7, 11) is 0. The van der Waals surface area contributed by atoms with E-state index in [4.69, 9.17) is 9.72 Å². The number of anilines is 1. The first-order valence-electron chi connectivity index (χ1n) is 10.4. The highest BCUT2D eigenvalue weighted by molar-refractivity contribution is 6.06. The smallest absolute Gasteiger partial charge is 0.418 e. The van der Waals surface area contributed by atoms with Crippen molar-refractivity contribution in [3.05, 3.63) is 70.9 Å². The number of nitrogens with one attached hydrogen (secondary N) is 1. The number of rotatable bonds is 4. The Labute approximate surface area is 182 Å². The van der Waals surface area contributed by atoms with Gasteiger partial charge in [0.2, 0.25) is 0 Å². The van der Waals surface area contributed by atoms with E-state index in [1.165, 1.54) is 12.1 Å². The lowest BCUT2D eigenvalue weighted by atomic mass is 9.97. The highest BCUT2D eigenvalue weighted by atomic mass is 19.4. The van der Waals surface area contributed by atoms with Gasteiger partial charge in [0.15, 0.2) is 6.61 Å². The summed E-state index contributed by atoms with van der Waals surface area (Å²) in [6.45, 7) is -0.698. The van der Waals surface area contributed by atoms with Crippen molar-refractivity contribution in [1.82, 2.24) is 4.98 Å². The second-order valence-electron chi connectivity index (χ2n) is 7.66. The summed E-state index contributed by atoms with van der Waals surface area (Å²) in [5, 5.41) is 2.82. The molecule has 32 heavy (non-hydrogen) atoms. The van der Waals surface area contributed by atoms with E-state index in [0.29, 0.717) is 22.9 Å². The van der Waals surface area contributed by atoms with Gasteiger partial charge in [-0.15, -0.1) is 0 Å². The topological polar surface area (TPSA) is 68.3 Å². The van der Waals surface area contributed by atoms with Crippen LogP contribution in [0.15, 0.2) is 48.5 Å². The lowest BCUT2D eigenvalue weighted by Crippen LogP contribution is -2.23. The Bertz CT molecular complexity index is 1170. The molecule has 1 aliphatic rings. The van der Waals surface area contributed by atoms with Crippen molar-refractivity contribution in [3.63, 3.8) is 0 Å². The Morgan fingerprint density at radius 3 is 2.50 bits per heavy atom. The first kappa shape index (κ1) is 21.8. The maximum Gasteiger partial charge on any atom is 0.418 e. The fourth-order valence-corrected chi connectivity index (χ4v) is 4.01. The zero-order valence-corrected chi connectivity index (χ0v) is 17.2. The summed E-state index contributed by atoms with van der Waals surface area (Å²) < 4.78 is 44.6. The number of fused-ring (bicyclic) bond motifs is 2. The number of aromatic nitrogens is 1. The molecule has 0 unspecified atom stereocenters. The number of ether oxygens (including phenoxy) is 1. The average molecular weight is 442 g/mol. The van der Waals surface area contributed by atoms with E-state index in [-0.39, 0.29) is 5.69 Å². The summed E-state index contributed by atoms with van der Waals surface area (Å²) in [5.74, 6) is -1.53. The first-order chi connectivity index (χ1) is 15.3. The summed E-state index contributed by atoms with van der Waals surface area (Å²) in [6, 6.07) is 11.9. The number of aryl methyl sites for hydroxylation is 1. The van der Waals surface area contributed by atoms with E-state index in [1.807, 2.05) is 12.1 Å². The van der Waals surface area contributed by atoms with E-state index in [0.717, 1.165) is 49.1 Å². The van der Waals surface area contributed by atoms with Crippen LogP contribution in [0, 0.1) is 0 Å². The van der Waals surface area contributed by atoms with Gasteiger partial charge >= 0.3 is 12.1 Å². The summed E-state index contributed by atoms with van der Waals surface area (Å²) in [4.78, 5) is 30.0. The second kappa shape index (κ2) is 8.98. The molecule has 0 aliphatic heterocycles. The Kier molecular flexibility index (Phi) is 6.12. The molecule has 0 radical (unpaired) electrons. The van der Waals surface area contributed by atoms with E-state index >= 15 is 0 Å². The number of alkyl halides is 3. The molecule has 5 nitrogen and oxygen atoms in total. The molecule has 0 atom stereocenters. The number of hydrogen-bond acceptors (Lipinski definition) is 4. The van der Waals surface area contributed by atoms with Crippen LogP contribution in [0.1, 0.15) is 46.4 Å². The van der Waals surface area contributed by atoms with Crippen molar-refractivity contribution in [2.24, 2.45) is 0 Å². The van der Waals surface area contributed by atoms with Gasteiger partial charge in [-0.3, -0.25) is 9.78 Å². The van der Waals surface area contributed by atoms with Gasteiger partial charge in [0.1, 0.15) is 0 Å². The van der Waals surface area contributed by atoms with Crippen LogP contribution in [0.3, 0.4) is 0 Å². The minimum absolute atomic E-state index is 0.385. The zero-order valence-electron chi connectivity index (χ0n) is 17.2. The highest BCUT2D eigenvalue weighted by Crippen LogP contribution is 2.34. The number of nitrogens with zero attached hydrogens (tertiary/aromatic N) is 1. The van der Waals surface area contributed by atoms with Gasteiger partial charge < -0.3 is 10.1 Å². The average Bonchev–Trinajstić information content (AvgIpc) is 3.00. The molecule has 166 valence electrons. The molecule has 3 aromatic rings. The number of para-hydroxylation sites is 2. The number of hydrogen-bond donors (Lipinski definition) is 1. The highest BCUT2D eigenvalue weighted by Gasteiger charge is 2.33. The standard InChI is InChI=1S/C24H21F3N2O3/c25-24(26,27)17-10-5-7-13-20(17)29-21(30)14-32-23(31)22-15-8-2-1-3-11-18(15)28-19-12-6-4-9-16(19)22/h4-7,9-10,12-13H,1-3,8,11,14H2,(H,29,30). The monoisotopic (exact) mass is 442 g/mol. The largest absolute Gasteiger partial charge is 0.452 e. The molecule has 0 spiro atoms. The summed E-state index contributed by atoms with van der Waals surface area (Å²) in [6.07, 6.45) is -0.246. The Hall–Kier alpha value is -3.42. The fraction of sp³-hybridized carbons (Fsp3) is 0.292. The third-order valence-corrected chi connectivity index (χ3v) is 5.46. The molecule has 0 saturated carbocycles. The van der Waals surface area contributed by atoms with Crippen molar-refractivity contribution in [2.45, 2.75) is 38.3 Å². The first-order valence-corrected chi connectivity index (χ1v) is 10.4. The third-order valence-electron chi connectivity index (χ3n) is 5.46. The molecule has 8 heteroatoms. The lowest BCUT2D eigenvalue weighted by molar-refractivity contribution is -0.137. The van der Waals surface area contributed by atoms with E-state index < -0.39 is 30.2 Å². The number of esters is 1. The molecule has 1 aliphatic carbocycles. The predicted octanol–water partition coefficient (Wildman–Crippen LogP) is 5.32. The number of halogens is 3. The molecule has 0 bridgehead atoms. The fourth-order valence-electron chi connectivity index (χ4n) is 4.01. The minimum atomic E-state index is -4.62. The number of pyridine rings is 1. The molecular weight excluding hydrogens is 421 g/mol. The van der Waals surface area contributed by atoms with Crippen molar-refractivity contribution in [1.29, 1.82) is 0 Å². The molecule has 1 heterocycles. The normalized spacial score (nSPS) is 13.8. The van der Waals surface area contributed by atoms with Gasteiger partial charge in [-0.2, -0.15) is 13.2 Å². The number of amides is 1.